The molecular formula is C14H15NO4. The van der Waals surface area contributed by atoms with E-state index in [-0.39, 0.29) is 5.76 Å². The Morgan fingerprint density at radius 2 is 1.95 bits per heavy atom. The van der Waals surface area contributed by atoms with Crippen molar-refractivity contribution in [2.24, 2.45) is 0 Å². The molecule has 1 aromatic carbocycles. The zero-order valence-corrected chi connectivity index (χ0v) is 11.0. The number of para-hydroxylation sites is 1. The van der Waals surface area contributed by atoms with Gasteiger partial charge in [-0.15, -0.1) is 0 Å². The first-order valence-electron chi connectivity index (χ1n) is 5.91. The van der Waals surface area contributed by atoms with Crippen LogP contribution in [0.3, 0.4) is 0 Å². The molecule has 2 aromatic rings. The molecule has 0 saturated heterocycles. The lowest BCUT2D eigenvalue weighted by Gasteiger charge is -2.20. The van der Waals surface area contributed by atoms with Crippen molar-refractivity contribution in [3.8, 4) is 0 Å². The van der Waals surface area contributed by atoms with Gasteiger partial charge in [-0.2, -0.15) is 0 Å². The monoisotopic (exact) mass is 261 g/mol. The summed E-state index contributed by atoms with van der Waals surface area (Å²) in [5, 5.41) is 9.80. The second-order valence-corrected chi connectivity index (χ2v) is 4.48. The van der Waals surface area contributed by atoms with Gasteiger partial charge in [0.1, 0.15) is 11.6 Å². The van der Waals surface area contributed by atoms with E-state index in [1.54, 1.807) is 13.0 Å². The number of rotatable bonds is 3. The predicted molar refractivity (Wildman–Crippen MR) is 70.1 cm³/mol. The van der Waals surface area contributed by atoms with E-state index in [2.05, 4.69) is 0 Å². The maximum absolute atomic E-state index is 12.2. The molecule has 2 rings (SSSR count). The van der Waals surface area contributed by atoms with E-state index in [1.807, 2.05) is 18.2 Å². The summed E-state index contributed by atoms with van der Waals surface area (Å²) in [4.78, 5) is 24.3. The number of hydrogen-bond acceptors (Lipinski definition) is 3. The van der Waals surface area contributed by atoms with Crippen LogP contribution >= 0.6 is 0 Å². The molecule has 5 nitrogen and oxygen atoms in total. The Balaban J connectivity index is 2.42. The molecule has 0 aliphatic heterocycles. The van der Waals surface area contributed by atoms with E-state index in [0.29, 0.717) is 5.58 Å². The number of carboxylic acids is 1. The van der Waals surface area contributed by atoms with E-state index in [1.165, 1.54) is 14.0 Å². The first kappa shape index (κ1) is 13.1. The average Bonchev–Trinajstić information content (AvgIpc) is 2.74. The Hall–Kier alpha value is -2.30. The minimum Gasteiger partial charge on any atom is -0.480 e. The Labute approximate surface area is 110 Å². The summed E-state index contributed by atoms with van der Waals surface area (Å²) in [7, 11) is 1.45. The average molecular weight is 261 g/mol. The summed E-state index contributed by atoms with van der Waals surface area (Å²) in [6.45, 7) is 3.25. The number of carbonyl (C=O) groups is 2. The second kappa shape index (κ2) is 4.76. The number of carboxylic acid groups (broad SMARTS) is 1. The van der Waals surface area contributed by atoms with Crippen LogP contribution in [0.1, 0.15) is 23.0 Å². The van der Waals surface area contributed by atoms with Crippen molar-refractivity contribution in [3.05, 3.63) is 35.6 Å². The van der Waals surface area contributed by atoms with Crippen LogP contribution in [-0.4, -0.2) is 35.0 Å². The molecule has 0 fully saturated rings. The highest BCUT2D eigenvalue weighted by atomic mass is 16.4. The second-order valence-electron chi connectivity index (χ2n) is 4.48. The Morgan fingerprint density at radius 3 is 2.53 bits per heavy atom. The molecule has 0 bridgehead atoms. The molecule has 0 aliphatic carbocycles. The van der Waals surface area contributed by atoms with Gasteiger partial charge in [0.2, 0.25) is 0 Å². The van der Waals surface area contributed by atoms with Gasteiger partial charge in [0.15, 0.2) is 5.76 Å². The van der Waals surface area contributed by atoms with E-state index in [4.69, 9.17) is 9.52 Å². The fourth-order valence-corrected chi connectivity index (χ4v) is 1.88. The molecule has 0 aliphatic rings. The van der Waals surface area contributed by atoms with Crippen molar-refractivity contribution in [2.45, 2.75) is 19.9 Å². The molecule has 1 unspecified atom stereocenters. The van der Waals surface area contributed by atoms with Gasteiger partial charge in [0, 0.05) is 18.0 Å². The molecule has 19 heavy (non-hydrogen) atoms. The number of nitrogens with zero attached hydrogens (tertiary/aromatic N) is 1. The zero-order chi connectivity index (χ0) is 14.2. The first-order chi connectivity index (χ1) is 8.93. The molecule has 1 amide bonds. The normalized spacial score (nSPS) is 12.4. The Kier molecular flexibility index (Phi) is 3.29. The van der Waals surface area contributed by atoms with Gasteiger partial charge in [-0.3, -0.25) is 4.79 Å². The van der Waals surface area contributed by atoms with E-state index >= 15 is 0 Å². The van der Waals surface area contributed by atoms with E-state index in [0.717, 1.165) is 15.8 Å². The largest absolute Gasteiger partial charge is 0.480 e. The van der Waals surface area contributed by atoms with Gasteiger partial charge in [0.05, 0.1) is 0 Å². The summed E-state index contributed by atoms with van der Waals surface area (Å²) in [6.07, 6.45) is 0. The van der Waals surface area contributed by atoms with Crippen molar-refractivity contribution < 1.29 is 19.1 Å². The minimum atomic E-state index is -1.05. The number of hydrogen-bond donors (Lipinski definition) is 1. The van der Waals surface area contributed by atoms with E-state index < -0.39 is 17.9 Å². The van der Waals surface area contributed by atoms with Crippen LogP contribution in [0.5, 0.6) is 0 Å². The molecular weight excluding hydrogens is 246 g/mol. The number of fused-ring (bicyclic) bond motifs is 1. The maximum atomic E-state index is 12.2. The minimum absolute atomic E-state index is 0.191. The highest BCUT2D eigenvalue weighted by molar-refractivity contribution is 6.00. The topological polar surface area (TPSA) is 70.8 Å². The summed E-state index contributed by atoms with van der Waals surface area (Å²) in [5.41, 5.74) is 1.35. The van der Waals surface area contributed by atoms with Crippen molar-refractivity contribution >= 4 is 22.8 Å². The van der Waals surface area contributed by atoms with Crippen LogP contribution in [0.15, 0.2) is 28.7 Å². The number of benzene rings is 1. The smallest absolute Gasteiger partial charge is 0.326 e. The van der Waals surface area contributed by atoms with Gasteiger partial charge in [-0.05, 0) is 19.9 Å². The van der Waals surface area contributed by atoms with Crippen LogP contribution in [-0.2, 0) is 4.79 Å². The highest BCUT2D eigenvalue weighted by Gasteiger charge is 2.27. The number of amides is 1. The summed E-state index contributed by atoms with van der Waals surface area (Å²) in [5.74, 6) is -1.29. The van der Waals surface area contributed by atoms with Crippen molar-refractivity contribution in [1.82, 2.24) is 4.90 Å². The highest BCUT2D eigenvalue weighted by Crippen LogP contribution is 2.26. The van der Waals surface area contributed by atoms with Crippen LogP contribution in [0, 0.1) is 6.92 Å². The van der Waals surface area contributed by atoms with Crippen LogP contribution < -0.4 is 0 Å². The van der Waals surface area contributed by atoms with Gasteiger partial charge in [0.25, 0.3) is 5.91 Å². The summed E-state index contributed by atoms with van der Waals surface area (Å²) >= 11 is 0. The predicted octanol–water partition coefficient (Wildman–Crippen LogP) is 2.29. The van der Waals surface area contributed by atoms with Gasteiger partial charge in [-0.25, -0.2) is 4.79 Å². The molecule has 1 N–H and O–H groups in total. The molecule has 0 spiro atoms. The number of furan rings is 1. The standard InChI is InChI=1S/C14H15NO4/c1-8-10-6-4-5-7-11(10)19-12(8)13(16)15(3)9(2)14(17)18/h4-7,9H,1-3H3,(H,17,18). The molecule has 0 radical (unpaired) electrons. The Morgan fingerprint density at radius 1 is 1.32 bits per heavy atom. The van der Waals surface area contributed by atoms with Gasteiger partial charge in [-0.1, -0.05) is 18.2 Å². The number of aryl methyl sites for hydroxylation is 1. The third-order valence-electron chi connectivity index (χ3n) is 3.30. The molecule has 1 heterocycles. The van der Waals surface area contributed by atoms with Gasteiger partial charge < -0.3 is 14.4 Å². The summed E-state index contributed by atoms with van der Waals surface area (Å²) in [6, 6.07) is 6.43. The van der Waals surface area contributed by atoms with Crippen molar-refractivity contribution in [3.63, 3.8) is 0 Å². The van der Waals surface area contributed by atoms with Gasteiger partial charge >= 0.3 is 5.97 Å². The molecule has 0 saturated carbocycles. The third-order valence-corrected chi connectivity index (χ3v) is 3.30. The molecule has 1 atom stereocenters. The summed E-state index contributed by atoms with van der Waals surface area (Å²) < 4.78 is 5.53. The van der Waals surface area contributed by atoms with Crippen LogP contribution in [0.25, 0.3) is 11.0 Å². The molecule has 5 heteroatoms. The number of carbonyl (C=O) groups excluding carboxylic acids is 1. The number of aliphatic carboxylic acids is 1. The zero-order valence-electron chi connectivity index (χ0n) is 11.0. The van der Waals surface area contributed by atoms with Crippen LogP contribution in [0.4, 0.5) is 0 Å². The SMILES string of the molecule is Cc1c(C(=O)N(C)C(C)C(=O)O)oc2ccccc12. The fraction of sp³-hybridized carbons (Fsp3) is 0.286. The van der Waals surface area contributed by atoms with Crippen molar-refractivity contribution in [2.75, 3.05) is 7.05 Å². The molecule has 1 aromatic heterocycles. The quantitative estimate of drug-likeness (QED) is 0.920. The van der Waals surface area contributed by atoms with Crippen LogP contribution in [0.2, 0.25) is 0 Å². The maximum Gasteiger partial charge on any atom is 0.326 e. The molecule has 100 valence electrons. The fourth-order valence-electron chi connectivity index (χ4n) is 1.88. The lowest BCUT2D eigenvalue weighted by molar-refractivity contribution is -0.141. The first-order valence-corrected chi connectivity index (χ1v) is 5.91. The lowest BCUT2D eigenvalue weighted by atomic mass is 10.1. The van der Waals surface area contributed by atoms with E-state index in [9.17, 15) is 9.59 Å². The Bertz CT molecular complexity index is 644. The number of likely N-dealkylation sites (N-methyl/N-ethyl adjacent to an activating group) is 1. The van der Waals surface area contributed by atoms with Crippen molar-refractivity contribution in [1.29, 1.82) is 0 Å². The third kappa shape index (κ3) is 2.19. The lowest BCUT2D eigenvalue weighted by Crippen LogP contribution is -2.40.